The van der Waals surface area contributed by atoms with Crippen LogP contribution in [0.2, 0.25) is 0 Å². The van der Waals surface area contributed by atoms with Gasteiger partial charge in [0.1, 0.15) is 0 Å². The van der Waals surface area contributed by atoms with Crippen LogP contribution in [0.4, 0.5) is 11.4 Å². The van der Waals surface area contributed by atoms with Gasteiger partial charge in [0.05, 0.1) is 12.7 Å². The molecule has 1 aromatic rings. The fourth-order valence-electron chi connectivity index (χ4n) is 2.73. The highest BCUT2D eigenvalue weighted by atomic mass is 16.5. The SMILES string of the molecule is COC(=O)c1cc(NC2CCCC2C)cc(C)c1N. The van der Waals surface area contributed by atoms with Gasteiger partial charge in [0.2, 0.25) is 0 Å². The molecule has 0 aromatic heterocycles. The molecule has 0 amide bonds. The van der Waals surface area contributed by atoms with E-state index in [2.05, 4.69) is 12.2 Å². The maximum Gasteiger partial charge on any atom is 0.340 e. The Morgan fingerprint density at radius 2 is 2.16 bits per heavy atom. The van der Waals surface area contributed by atoms with E-state index in [9.17, 15) is 4.79 Å². The van der Waals surface area contributed by atoms with Crippen molar-refractivity contribution in [3.05, 3.63) is 23.3 Å². The summed E-state index contributed by atoms with van der Waals surface area (Å²) < 4.78 is 4.77. The Morgan fingerprint density at radius 3 is 2.74 bits per heavy atom. The van der Waals surface area contributed by atoms with Crippen LogP contribution >= 0.6 is 0 Å². The van der Waals surface area contributed by atoms with Crippen molar-refractivity contribution in [2.45, 2.75) is 39.2 Å². The molecular weight excluding hydrogens is 240 g/mol. The third kappa shape index (κ3) is 2.83. The number of methoxy groups -OCH3 is 1. The van der Waals surface area contributed by atoms with E-state index < -0.39 is 0 Å². The molecule has 1 aliphatic rings. The molecule has 0 radical (unpaired) electrons. The first-order valence-corrected chi connectivity index (χ1v) is 6.78. The highest BCUT2D eigenvalue weighted by molar-refractivity contribution is 5.97. The smallest absolute Gasteiger partial charge is 0.340 e. The molecule has 104 valence electrons. The molecular formula is C15H22N2O2. The van der Waals surface area contributed by atoms with Crippen LogP contribution in [0.25, 0.3) is 0 Å². The monoisotopic (exact) mass is 262 g/mol. The van der Waals surface area contributed by atoms with E-state index in [0.717, 1.165) is 11.3 Å². The van der Waals surface area contributed by atoms with Crippen LogP contribution in [0.5, 0.6) is 0 Å². The van der Waals surface area contributed by atoms with Crippen molar-refractivity contribution in [2.24, 2.45) is 5.92 Å². The third-order valence-corrected chi connectivity index (χ3v) is 4.01. The number of hydrogen-bond donors (Lipinski definition) is 2. The Labute approximate surface area is 114 Å². The number of aryl methyl sites for hydroxylation is 1. The highest BCUT2D eigenvalue weighted by Gasteiger charge is 2.23. The number of carbonyl (C=O) groups is 1. The summed E-state index contributed by atoms with van der Waals surface area (Å²) in [6.45, 7) is 4.17. The number of esters is 1. The average molecular weight is 262 g/mol. The largest absolute Gasteiger partial charge is 0.465 e. The molecule has 1 saturated carbocycles. The number of benzene rings is 1. The second-order valence-electron chi connectivity index (χ2n) is 5.40. The van der Waals surface area contributed by atoms with Crippen LogP contribution < -0.4 is 11.1 Å². The van der Waals surface area contributed by atoms with Gasteiger partial charge in [-0.3, -0.25) is 0 Å². The van der Waals surface area contributed by atoms with Gasteiger partial charge in [0, 0.05) is 17.4 Å². The van der Waals surface area contributed by atoms with Crippen molar-refractivity contribution in [1.82, 2.24) is 0 Å². The third-order valence-electron chi connectivity index (χ3n) is 4.01. The molecule has 4 nitrogen and oxygen atoms in total. The molecule has 0 saturated heterocycles. The quantitative estimate of drug-likeness (QED) is 0.649. The number of nitrogens with two attached hydrogens (primary N) is 1. The van der Waals surface area contributed by atoms with Gasteiger partial charge in [0.25, 0.3) is 0 Å². The standard InChI is InChI=1S/C15H22N2O2/c1-9-5-4-6-13(9)17-11-7-10(2)14(16)12(8-11)15(18)19-3/h7-9,13,17H,4-6,16H2,1-3H3. The molecule has 2 atom stereocenters. The van der Waals surface area contributed by atoms with Crippen LogP contribution in [0, 0.1) is 12.8 Å². The first-order chi connectivity index (χ1) is 9.02. The molecule has 1 aromatic carbocycles. The Morgan fingerprint density at radius 1 is 1.42 bits per heavy atom. The molecule has 2 rings (SSSR count). The molecule has 2 unspecified atom stereocenters. The minimum atomic E-state index is -0.385. The van der Waals surface area contributed by atoms with Crippen LogP contribution in [0.3, 0.4) is 0 Å². The van der Waals surface area contributed by atoms with Gasteiger partial charge < -0.3 is 15.8 Å². The number of carbonyl (C=O) groups excluding carboxylic acids is 1. The lowest BCUT2D eigenvalue weighted by atomic mass is 10.0. The first kappa shape index (κ1) is 13.7. The fourth-order valence-corrected chi connectivity index (χ4v) is 2.73. The Hall–Kier alpha value is -1.71. The molecule has 1 aliphatic carbocycles. The Bertz CT molecular complexity index is 485. The van der Waals surface area contributed by atoms with Crippen molar-refractivity contribution >= 4 is 17.3 Å². The summed E-state index contributed by atoms with van der Waals surface area (Å²) in [7, 11) is 1.37. The number of rotatable bonds is 3. The summed E-state index contributed by atoms with van der Waals surface area (Å²) in [4.78, 5) is 11.7. The predicted molar refractivity (Wildman–Crippen MR) is 77.4 cm³/mol. The van der Waals surface area contributed by atoms with Crippen LogP contribution in [-0.4, -0.2) is 19.1 Å². The second kappa shape index (κ2) is 5.51. The van der Waals surface area contributed by atoms with Gasteiger partial charge in [-0.2, -0.15) is 0 Å². The number of nitrogens with one attached hydrogen (secondary N) is 1. The van der Waals surface area contributed by atoms with E-state index >= 15 is 0 Å². The van der Waals surface area contributed by atoms with E-state index in [1.54, 1.807) is 6.07 Å². The van der Waals surface area contributed by atoms with E-state index in [1.165, 1.54) is 26.4 Å². The summed E-state index contributed by atoms with van der Waals surface area (Å²) >= 11 is 0. The van der Waals surface area contributed by atoms with Crippen molar-refractivity contribution in [3.63, 3.8) is 0 Å². The zero-order valence-electron chi connectivity index (χ0n) is 11.8. The van der Waals surface area contributed by atoms with Crippen molar-refractivity contribution in [3.8, 4) is 0 Å². The van der Waals surface area contributed by atoms with E-state index in [4.69, 9.17) is 10.5 Å². The molecule has 1 fully saturated rings. The fraction of sp³-hybridized carbons (Fsp3) is 0.533. The molecule has 0 aliphatic heterocycles. The minimum absolute atomic E-state index is 0.385. The van der Waals surface area contributed by atoms with Gasteiger partial charge in [0.15, 0.2) is 0 Å². The molecule has 0 heterocycles. The lowest BCUT2D eigenvalue weighted by molar-refractivity contribution is 0.0602. The Balaban J connectivity index is 2.26. The number of nitrogen functional groups attached to an aromatic ring is 1. The molecule has 0 bridgehead atoms. The molecule has 19 heavy (non-hydrogen) atoms. The van der Waals surface area contributed by atoms with Gasteiger partial charge >= 0.3 is 5.97 Å². The molecule has 4 heteroatoms. The van der Waals surface area contributed by atoms with Crippen molar-refractivity contribution in [2.75, 3.05) is 18.2 Å². The summed E-state index contributed by atoms with van der Waals surface area (Å²) in [5, 5.41) is 3.51. The normalized spacial score (nSPS) is 22.3. The lowest BCUT2D eigenvalue weighted by Gasteiger charge is -2.20. The lowest BCUT2D eigenvalue weighted by Crippen LogP contribution is -2.22. The van der Waals surface area contributed by atoms with E-state index in [0.29, 0.717) is 23.2 Å². The minimum Gasteiger partial charge on any atom is -0.465 e. The van der Waals surface area contributed by atoms with Crippen LogP contribution in [0.15, 0.2) is 12.1 Å². The maximum atomic E-state index is 11.7. The highest BCUT2D eigenvalue weighted by Crippen LogP contribution is 2.30. The van der Waals surface area contributed by atoms with E-state index in [1.807, 2.05) is 13.0 Å². The second-order valence-corrected chi connectivity index (χ2v) is 5.40. The molecule has 3 N–H and O–H groups in total. The van der Waals surface area contributed by atoms with Gasteiger partial charge in [-0.15, -0.1) is 0 Å². The summed E-state index contributed by atoms with van der Waals surface area (Å²) in [6.07, 6.45) is 3.70. The Kier molecular flexibility index (Phi) is 3.98. The van der Waals surface area contributed by atoms with Gasteiger partial charge in [-0.1, -0.05) is 13.3 Å². The summed E-state index contributed by atoms with van der Waals surface area (Å²) in [5.41, 5.74) is 8.72. The number of anilines is 2. The van der Waals surface area contributed by atoms with Crippen molar-refractivity contribution < 1.29 is 9.53 Å². The topological polar surface area (TPSA) is 64.3 Å². The molecule has 0 spiro atoms. The summed E-state index contributed by atoms with van der Waals surface area (Å²) in [5.74, 6) is 0.281. The van der Waals surface area contributed by atoms with Crippen molar-refractivity contribution in [1.29, 1.82) is 0 Å². The predicted octanol–water partition coefficient (Wildman–Crippen LogP) is 2.96. The zero-order valence-corrected chi connectivity index (χ0v) is 11.8. The van der Waals surface area contributed by atoms with Gasteiger partial charge in [-0.25, -0.2) is 4.79 Å². The average Bonchev–Trinajstić information content (AvgIpc) is 2.78. The number of hydrogen-bond acceptors (Lipinski definition) is 4. The first-order valence-electron chi connectivity index (χ1n) is 6.78. The van der Waals surface area contributed by atoms with Crippen LogP contribution in [-0.2, 0) is 4.74 Å². The number of ether oxygens (including phenoxy) is 1. The summed E-state index contributed by atoms with van der Waals surface area (Å²) in [6, 6.07) is 4.26. The maximum absolute atomic E-state index is 11.7. The van der Waals surface area contributed by atoms with Crippen LogP contribution in [0.1, 0.15) is 42.1 Å². The van der Waals surface area contributed by atoms with E-state index in [-0.39, 0.29) is 5.97 Å². The zero-order chi connectivity index (χ0) is 14.0. The van der Waals surface area contributed by atoms with Gasteiger partial charge in [-0.05, 0) is 43.4 Å².